The molecule has 0 saturated heterocycles. The maximum absolute atomic E-state index is 13.1. The second kappa shape index (κ2) is 7.21. The fourth-order valence-corrected chi connectivity index (χ4v) is 3.51. The van der Waals surface area contributed by atoms with E-state index < -0.39 is 0 Å². The molecule has 0 radical (unpaired) electrons. The van der Waals surface area contributed by atoms with Gasteiger partial charge in [0, 0.05) is 22.8 Å². The maximum atomic E-state index is 13.1. The highest BCUT2D eigenvalue weighted by molar-refractivity contribution is 6.10. The summed E-state index contributed by atoms with van der Waals surface area (Å²) in [6.07, 6.45) is 1.54. The number of nitrogens with one attached hydrogen (secondary N) is 2. The number of aromatic nitrogens is 3. The van der Waals surface area contributed by atoms with Gasteiger partial charge in [0.05, 0.1) is 22.1 Å². The summed E-state index contributed by atoms with van der Waals surface area (Å²) in [5.74, 6) is -0.718. The molecule has 0 aliphatic carbocycles. The normalized spacial score (nSPS) is 11.2. The van der Waals surface area contributed by atoms with Crippen molar-refractivity contribution < 1.29 is 9.18 Å². The van der Waals surface area contributed by atoms with Gasteiger partial charge in [-0.25, -0.2) is 9.07 Å². The van der Waals surface area contributed by atoms with Crippen LogP contribution in [-0.4, -0.2) is 20.7 Å². The van der Waals surface area contributed by atoms with Crippen molar-refractivity contribution in [2.75, 3.05) is 5.32 Å². The smallest absolute Gasteiger partial charge is 0.280 e. The number of rotatable bonds is 3. The number of fused-ring (bicyclic) bond motifs is 3. The molecule has 2 aromatic heterocycles. The lowest BCUT2D eigenvalue weighted by Crippen LogP contribution is -2.14. The summed E-state index contributed by atoms with van der Waals surface area (Å²) in [7, 11) is 0. The van der Waals surface area contributed by atoms with E-state index in [2.05, 4.69) is 15.4 Å². The van der Waals surface area contributed by atoms with Gasteiger partial charge < -0.3 is 5.32 Å². The van der Waals surface area contributed by atoms with Crippen molar-refractivity contribution in [3.8, 4) is 5.69 Å². The average molecular weight is 412 g/mol. The molecule has 3 aromatic carbocycles. The van der Waals surface area contributed by atoms with Crippen molar-refractivity contribution in [1.29, 1.82) is 0 Å². The Balaban J connectivity index is 1.60. The number of amides is 1. The minimum absolute atomic E-state index is 0.214. The number of pyridine rings is 1. The molecule has 0 bridgehead atoms. The molecule has 1 amide bonds. The van der Waals surface area contributed by atoms with Gasteiger partial charge in [0.25, 0.3) is 11.5 Å². The Morgan fingerprint density at radius 2 is 1.74 bits per heavy atom. The minimum Gasteiger partial charge on any atom is -0.322 e. The van der Waals surface area contributed by atoms with E-state index in [-0.39, 0.29) is 17.3 Å². The van der Waals surface area contributed by atoms with Crippen LogP contribution in [0.3, 0.4) is 0 Å². The number of carbonyl (C=O) groups is 1. The number of H-pyrrole nitrogens is 1. The number of anilines is 1. The highest BCUT2D eigenvalue weighted by atomic mass is 19.1. The van der Waals surface area contributed by atoms with E-state index in [4.69, 9.17) is 0 Å². The van der Waals surface area contributed by atoms with Crippen LogP contribution in [0.4, 0.5) is 10.1 Å². The second-order valence-electron chi connectivity index (χ2n) is 7.33. The van der Waals surface area contributed by atoms with Gasteiger partial charge in [0.15, 0.2) is 0 Å². The number of hydrogen-bond donors (Lipinski definition) is 2. The Morgan fingerprint density at radius 1 is 1.00 bits per heavy atom. The maximum Gasteiger partial charge on any atom is 0.280 e. The molecule has 5 aromatic rings. The predicted molar refractivity (Wildman–Crippen MR) is 118 cm³/mol. The molecule has 2 N–H and O–H groups in total. The Labute approximate surface area is 176 Å². The highest BCUT2D eigenvalue weighted by Crippen LogP contribution is 2.23. The van der Waals surface area contributed by atoms with Gasteiger partial charge in [-0.05, 0) is 61.5 Å². The van der Waals surface area contributed by atoms with Crippen molar-refractivity contribution >= 4 is 33.4 Å². The van der Waals surface area contributed by atoms with Crippen molar-refractivity contribution in [2.24, 2.45) is 0 Å². The summed E-state index contributed by atoms with van der Waals surface area (Å²) in [6.45, 7) is 1.98. The average Bonchev–Trinajstić information content (AvgIpc) is 3.12. The summed E-state index contributed by atoms with van der Waals surface area (Å²) in [4.78, 5) is 30.0. The molecule has 31 heavy (non-hydrogen) atoms. The van der Waals surface area contributed by atoms with Crippen LogP contribution < -0.4 is 10.9 Å². The minimum atomic E-state index is -0.376. The monoisotopic (exact) mass is 412 g/mol. The predicted octanol–water partition coefficient (Wildman–Crippen LogP) is 4.57. The highest BCUT2D eigenvalue weighted by Gasteiger charge is 2.14. The van der Waals surface area contributed by atoms with Gasteiger partial charge >= 0.3 is 0 Å². The standard InChI is InChI=1S/C24H17FN4O2/c1-14-2-9-18(10-3-14)29-24(31)20-13-26-21-11-4-15(12-19(21)22(20)28-29)23(30)27-17-7-5-16(25)6-8-17/h2-13,28H,1H3,(H,27,30). The number of benzene rings is 3. The Bertz CT molecular complexity index is 1500. The molecule has 5 rings (SSSR count). The first-order valence-electron chi connectivity index (χ1n) is 9.67. The Morgan fingerprint density at radius 3 is 2.48 bits per heavy atom. The van der Waals surface area contributed by atoms with Crippen LogP contribution in [0.5, 0.6) is 0 Å². The van der Waals surface area contributed by atoms with Gasteiger partial charge in [-0.1, -0.05) is 17.7 Å². The van der Waals surface area contributed by atoms with Gasteiger partial charge in [-0.15, -0.1) is 0 Å². The molecule has 6 nitrogen and oxygen atoms in total. The summed E-state index contributed by atoms with van der Waals surface area (Å²) in [5, 5.41) is 6.99. The van der Waals surface area contributed by atoms with E-state index in [1.807, 2.05) is 31.2 Å². The summed E-state index contributed by atoms with van der Waals surface area (Å²) in [5.41, 5.74) is 3.74. The van der Waals surface area contributed by atoms with Crippen LogP contribution in [0, 0.1) is 12.7 Å². The SMILES string of the molecule is Cc1ccc(-n2[nH]c3c(cnc4ccc(C(=O)Nc5ccc(F)cc5)cc43)c2=O)cc1. The van der Waals surface area contributed by atoms with E-state index in [1.54, 1.807) is 24.4 Å². The molecule has 7 heteroatoms. The van der Waals surface area contributed by atoms with E-state index in [0.717, 1.165) is 5.56 Å². The molecular weight excluding hydrogens is 395 g/mol. The summed E-state index contributed by atoms with van der Waals surface area (Å²) < 4.78 is 14.6. The third-order valence-electron chi connectivity index (χ3n) is 5.18. The second-order valence-corrected chi connectivity index (χ2v) is 7.33. The zero-order valence-corrected chi connectivity index (χ0v) is 16.5. The van der Waals surface area contributed by atoms with Crippen molar-refractivity contribution in [3.05, 3.63) is 100 Å². The molecule has 0 aliphatic heterocycles. The van der Waals surface area contributed by atoms with Crippen LogP contribution in [0.25, 0.3) is 27.5 Å². The molecule has 152 valence electrons. The van der Waals surface area contributed by atoms with Crippen LogP contribution in [-0.2, 0) is 0 Å². The van der Waals surface area contributed by atoms with Gasteiger partial charge in [0.1, 0.15) is 5.82 Å². The molecule has 0 saturated carbocycles. The molecular formula is C24H17FN4O2. The summed E-state index contributed by atoms with van der Waals surface area (Å²) in [6, 6.07) is 18.2. The molecule has 0 aliphatic rings. The molecule has 0 unspecified atom stereocenters. The number of carbonyl (C=O) groups excluding carboxylic acids is 1. The summed E-state index contributed by atoms with van der Waals surface area (Å²) >= 11 is 0. The third-order valence-corrected chi connectivity index (χ3v) is 5.18. The van der Waals surface area contributed by atoms with Crippen molar-refractivity contribution in [1.82, 2.24) is 14.8 Å². The Kier molecular flexibility index (Phi) is 4.36. The fourth-order valence-electron chi connectivity index (χ4n) is 3.51. The topological polar surface area (TPSA) is 79.8 Å². The number of hydrogen-bond acceptors (Lipinski definition) is 3. The van der Waals surface area contributed by atoms with E-state index >= 15 is 0 Å². The molecule has 0 fully saturated rings. The largest absolute Gasteiger partial charge is 0.322 e. The lowest BCUT2D eigenvalue weighted by atomic mass is 10.1. The van der Waals surface area contributed by atoms with E-state index in [0.29, 0.717) is 38.7 Å². The first-order valence-corrected chi connectivity index (χ1v) is 9.67. The van der Waals surface area contributed by atoms with Crippen molar-refractivity contribution in [2.45, 2.75) is 6.92 Å². The molecule has 2 heterocycles. The van der Waals surface area contributed by atoms with Gasteiger partial charge in [0.2, 0.25) is 0 Å². The zero-order valence-electron chi connectivity index (χ0n) is 16.5. The fraction of sp³-hybridized carbons (Fsp3) is 0.0417. The van der Waals surface area contributed by atoms with Gasteiger partial charge in [-0.3, -0.25) is 19.7 Å². The van der Waals surface area contributed by atoms with Crippen molar-refractivity contribution in [3.63, 3.8) is 0 Å². The number of aryl methyl sites for hydroxylation is 1. The quantitative estimate of drug-likeness (QED) is 0.456. The van der Waals surface area contributed by atoms with Crippen LogP contribution >= 0.6 is 0 Å². The lowest BCUT2D eigenvalue weighted by molar-refractivity contribution is 0.102. The van der Waals surface area contributed by atoms with E-state index in [1.165, 1.54) is 28.9 Å². The zero-order chi connectivity index (χ0) is 21.5. The first-order chi connectivity index (χ1) is 15.0. The molecule has 0 atom stereocenters. The number of aromatic amines is 1. The number of nitrogens with zero attached hydrogens (tertiary/aromatic N) is 2. The van der Waals surface area contributed by atoms with E-state index in [9.17, 15) is 14.0 Å². The third kappa shape index (κ3) is 3.36. The van der Waals surface area contributed by atoms with Crippen LogP contribution in [0.15, 0.2) is 77.7 Å². The lowest BCUT2D eigenvalue weighted by Gasteiger charge is -2.06. The molecule has 0 spiro atoms. The van der Waals surface area contributed by atoms with Gasteiger partial charge in [-0.2, -0.15) is 0 Å². The van der Waals surface area contributed by atoms with Crippen LogP contribution in [0.2, 0.25) is 0 Å². The van der Waals surface area contributed by atoms with Crippen LogP contribution in [0.1, 0.15) is 15.9 Å². The Hall–Kier alpha value is -4.26. The number of halogens is 1. The first kappa shape index (κ1) is 18.7.